The molecule has 1 fully saturated rings. The Morgan fingerprint density at radius 3 is 2.26 bits per heavy atom. The highest BCUT2D eigenvalue weighted by Gasteiger charge is 2.41. The zero-order valence-corrected chi connectivity index (χ0v) is 20.1. The van der Waals surface area contributed by atoms with Crippen LogP contribution >= 0.6 is 0 Å². The van der Waals surface area contributed by atoms with E-state index in [2.05, 4.69) is 49.5 Å². The first-order valence-corrected chi connectivity index (χ1v) is 10.6. The summed E-state index contributed by atoms with van der Waals surface area (Å²) in [6.07, 6.45) is 3.09. The number of benzene rings is 2. The summed E-state index contributed by atoms with van der Waals surface area (Å²) in [5.74, 6) is 2.41. The number of halogens is 1. The zero-order valence-electron chi connectivity index (χ0n) is 19.3. The van der Waals surface area contributed by atoms with Crippen molar-refractivity contribution in [3.05, 3.63) is 53.6 Å². The minimum Gasteiger partial charge on any atom is -1.00 e. The van der Waals surface area contributed by atoms with Gasteiger partial charge in [-0.2, -0.15) is 0 Å². The predicted molar refractivity (Wildman–Crippen MR) is 120 cm³/mol. The molecule has 0 saturated carbocycles. The van der Waals surface area contributed by atoms with Gasteiger partial charge in [0, 0.05) is 18.6 Å². The van der Waals surface area contributed by atoms with Gasteiger partial charge >= 0.3 is 0 Å². The van der Waals surface area contributed by atoms with Crippen molar-refractivity contribution in [3.63, 3.8) is 0 Å². The molecule has 0 aromatic heterocycles. The lowest BCUT2D eigenvalue weighted by Gasteiger charge is -2.45. The van der Waals surface area contributed by atoms with Crippen LogP contribution in [0, 0.1) is 0 Å². The van der Waals surface area contributed by atoms with E-state index in [1.165, 1.54) is 11.1 Å². The van der Waals surface area contributed by atoms with Crippen LogP contribution in [0.5, 0.6) is 17.2 Å². The maximum absolute atomic E-state index is 6.04. The summed E-state index contributed by atoms with van der Waals surface area (Å²) in [5.41, 5.74) is 2.52. The average molecular weight is 449 g/mol. The van der Waals surface area contributed by atoms with Crippen molar-refractivity contribution in [2.45, 2.75) is 50.7 Å². The highest BCUT2D eigenvalue weighted by Crippen LogP contribution is 2.44. The van der Waals surface area contributed by atoms with Gasteiger partial charge < -0.3 is 36.7 Å². The fraction of sp³-hybridized carbons (Fsp3) is 0.520. The minimum atomic E-state index is -0.123. The topological polar surface area (TPSA) is 49.0 Å². The van der Waals surface area contributed by atoms with Crippen LogP contribution < -0.4 is 31.9 Å². The molecule has 0 bridgehead atoms. The van der Waals surface area contributed by atoms with Crippen LogP contribution in [0.25, 0.3) is 0 Å². The Bertz CT molecular complexity index is 825. The van der Waals surface area contributed by atoms with E-state index in [0.717, 1.165) is 56.2 Å². The average Bonchev–Trinajstić information content (AvgIpc) is 2.76. The van der Waals surface area contributed by atoms with Crippen LogP contribution in [0.3, 0.4) is 0 Å². The van der Waals surface area contributed by atoms with Gasteiger partial charge in [-0.15, -0.1) is 0 Å². The number of ether oxygens (including phenoxy) is 4. The predicted octanol–water partition coefficient (Wildman–Crippen LogP) is 1.72. The SMILES string of the molecule is COc1ccc(C2(CCNCc3ccc(OC)c(OC)c3)CCOC(C)(C)C2)cc1.[Cl-]. The molecule has 0 spiro atoms. The second kappa shape index (κ2) is 11.1. The van der Waals surface area contributed by atoms with Gasteiger partial charge in [0.2, 0.25) is 0 Å². The van der Waals surface area contributed by atoms with Crippen molar-refractivity contribution in [1.29, 1.82) is 0 Å². The molecule has 5 nitrogen and oxygen atoms in total. The molecule has 3 rings (SSSR count). The quantitative estimate of drug-likeness (QED) is 0.592. The molecule has 1 unspecified atom stereocenters. The molecular formula is C25H35ClNO4-. The van der Waals surface area contributed by atoms with Crippen molar-refractivity contribution in [2.24, 2.45) is 0 Å². The molecule has 1 atom stereocenters. The van der Waals surface area contributed by atoms with E-state index in [9.17, 15) is 0 Å². The fourth-order valence-electron chi connectivity index (χ4n) is 4.58. The first-order valence-electron chi connectivity index (χ1n) is 10.6. The second-order valence-electron chi connectivity index (χ2n) is 8.66. The molecule has 1 heterocycles. The standard InChI is InChI=1S/C25H35NO4.ClH/c1-24(2)18-25(13-15-30-24,20-7-9-21(27-3)10-8-20)12-14-26-17-19-6-11-22(28-4)23(16-19)29-5;/h6-11,16,26H,12-15,17-18H2,1-5H3;1H/p-1. The van der Waals surface area contributed by atoms with Crippen LogP contribution in [0.1, 0.15) is 44.2 Å². The molecule has 1 N–H and O–H groups in total. The molecule has 1 aliphatic rings. The van der Waals surface area contributed by atoms with Gasteiger partial charge in [0.05, 0.1) is 26.9 Å². The van der Waals surface area contributed by atoms with E-state index in [1.807, 2.05) is 12.1 Å². The van der Waals surface area contributed by atoms with Crippen LogP contribution in [-0.2, 0) is 16.7 Å². The van der Waals surface area contributed by atoms with Crippen molar-refractivity contribution >= 4 is 0 Å². The lowest BCUT2D eigenvalue weighted by molar-refractivity contribution is -0.0840. The van der Waals surface area contributed by atoms with Crippen LogP contribution in [0.2, 0.25) is 0 Å². The summed E-state index contributed by atoms with van der Waals surface area (Å²) in [5, 5.41) is 3.62. The van der Waals surface area contributed by atoms with E-state index < -0.39 is 0 Å². The molecule has 6 heteroatoms. The third kappa shape index (κ3) is 6.28. The monoisotopic (exact) mass is 448 g/mol. The summed E-state index contributed by atoms with van der Waals surface area (Å²) >= 11 is 0. The number of hydrogen-bond donors (Lipinski definition) is 1. The highest BCUT2D eigenvalue weighted by molar-refractivity contribution is 5.42. The summed E-state index contributed by atoms with van der Waals surface area (Å²) in [6.45, 7) is 6.90. The number of methoxy groups -OCH3 is 3. The Morgan fingerprint density at radius 2 is 1.65 bits per heavy atom. The summed E-state index contributed by atoms with van der Waals surface area (Å²) in [4.78, 5) is 0. The Morgan fingerprint density at radius 1 is 0.935 bits per heavy atom. The van der Waals surface area contributed by atoms with Crippen molar-refractivity contribution < 1.29 is 31.4 Å². The summed E-state index contributed by atoms with van der Waals surface area (Å²) < 4.78 is 22.1. The Hall–Kier alpha value is -1.95. The summed E-state index contributed by atoms with van der Waals surface area (Å²) in [7, 11) is 5.03. The van der Waals surface area contributed by atoms with Gasteiger partial charge in [-0.05, 0) is 75.0 Å². The smallest absolute Gasteiger partial charge is 0.161 e. The third-order valence-corrected chi connectivity index (χ3v) is 6.10. The largest absolute Gasteiger partial charge is 1.00 e. The van der Waals surface area contributed by atoms with Gasteiger partial charge in [-0.3, -0.25) is 0 Å². The highest BCUT2D eigenvalue weighted by atomic mass is 35.5. The molecular weight excluding hydrogens is 414 g/mol. The first-order chi connectivity index (χ1) is 14.4. The Labute approximate surface area is 192 Å². The molecule has 2 aromatic carbocycles. The molecule has 0 amide bonds. The Kier molecular flexibility index (Phi) is 9.04. The van der Waals surface area contributed by atoms with E-state index >= 15 is 0 Å². The van der Waals surface area contributed by atoms with Gasteiger partial charge in [-0.1, -0.05) is 18.2 Å². The maximum Gasteiger partial charge on any atom is 0.161 e. The lowest BCUT2D eigenvalue weighted by Crippen LogP contribution is -3.00. The van der Waals surface area contributed by atoms with Gasteiger partial charge in [-0.25, -0.2) is 0 Å². The van der Waals surface area contributed by atoms with Crippen molar-refractivity contribution in [2.75, 3.05) is 34.5 Å². The normalized spacial score (nSPS) is 19.9. The fourth-order valence-corrected chi connectivity index (χ4v) is 4.58. The molecule has 172 valence electrons. The number of rotatable bonds is 9. The summed E-state index contributed by atoms with van der Waals surface area (Å²) in [6, 6.07) is 14.6. The van der Waals surface area contributed by atoms with E-state index in [0.29, 0.717) is 0 Å². The van der Waals surface area contributed by atoms with Gasteiger partial charge in [0.25, 0.3) is 0 Å². The number of hydrogen-bond acceptors (Lipinski definition) is 5. The first kappa shape index (κ1) is 25.3. The van der Waals surface area contributed by atoms with E-state index in [-0.39, 0.29) is 23.4 Å². The molecule has 31 heavy (non-hydrogen) atoms. The maximum atomic E-state index is 6.04. The third-order valence-electron chi connectivity index (χ3n) is 6.10. The Balaban J connectivity index is 0.00000341. The van der Waals surface area contributed by atoms with Crippen LogP contribution in [0.4, 0.5) is 0 Å². The van der Waals surface area contributed by atoms with Crippen LogP contribution in [-0.4, -0.2) is 40.1 Å². The van der Waals surface area contributed by atoms with Gasteiger partial charge in [0.15, 0.2) is 11.5 Å². The van der Waals surface area contributed by atoms with Crippen molar-refractivity contribution in [1.82, 2.24) is 5.32 Å². The minimum absolute atomic E-state index is 0. The zero-order chi connectivity index (χ0) is 21.6. The van der Waals surface area contributed by atoms with Crippen molar-refractivity contribution in [3.8, 4) is 17.2 Å². The molecule has 1 saturated heterocycles. The molecule has 2 aromatic rings. The molecule has 0 aliphatic carbocycles. The molecule has 0 radical (unpaired) electrons. The number of nitrogens with one attached hydrogen (secondary N) is 1. The molecule has 1 aliphatic heterocycles. The lowest BCUT2D eigenvalue weighted by atomic mass is 9.67. The van der Waals surface area contributed by atoms with Gasteiger partial charge in [0.1, 0.15) is 5.75 Å². The van der Waals surface area contributed by atoms with E-state index in [4.69, 9.17) is 18.9 Å². The second-order valence-corrected chi connectivity index (χ2v) is 8.66. The van der Waals surface area contributed by atoms with E-state index in [1.54, 1.807) is 21.3 Å². The van der Waals surface area contributed by atoms with Crippen LogP contribution in [0.15, 0.2) is 42.5 Å².